The van der Waals surface area contributed by atoms with Crippen LogP contribution in [-0.4, -0.2) is 62.0 Å². The van der Waals surface area contributed by atoms with Crippen LogP contribution in [0.1, 0.15) is 102 Å². The van der Waals surface area contributed by atoms with E-state index in [4.69, 9.17) is 28.4 Å². The number of benzene rings is 3. The van der Waals surface area contributed by atoms with Gasteiger partial charge in [0.1, 0.15) is 11.9 Å². The molecule has 2 aliphatic rings. The number of rotatable bonds is 18. The molecule has 3 aromatic carbocycles. The van der Waals surface area contributed by atoms with E-state index in [9.17, 15) is 18.8 Å². The molecule has 1 unspecified atom stereocenters. The lowest BCUT2D eigenvalue weighted by molar-refractivity contribution is -0.305. The van der Waals surface area contributed by atoms with Gasteiger partial charge in [-0.25, -0.2) is 4.39 Å². The standard InChI is InChI=1S/C43H54FNO9/c1-7-49-39(50-8-2)24-13-31-11-20-36(21-12-31)45-40(37(41(45)48)22-23-38(53-29(3)46)33-16-18-35(44)19-17-33)34-14-9-32(10-15-34)25-26-43(54-30(4)47)27-51-42(5,6)52-28-43/h9-12,14-21,37-40H,7-8,13,22-28H2,1-6H3/t37-,38?,40-/m1/s1. The topological polar surface area (TPSA) is 110 Å². The van der Waals surface area contributed by atoms with Gasteiger partial charge < -0.3 is 33.3 Å². The van der Waals surface area contributed by atoms with Gasteiger partial charge in [0.2, 0.25) is 5.91 Å². The molecule has 10 nitrogen and oxygen atoms in total. The Morgan fingerprint density at radius 3 is 2.00 bits per heavy atom. The molecule has 0 radical (unpaired) electrons. The maximum absolute atomic E-state index is 14.0. The van der Waals surface area contributed by atoms with Crippen molar-refractivity contribution in [3.8, 4) is 0 Å². The summed E-state index contributed by atoms with van der Waals surface area (Å²) < 4.78 is 48.3. The van der Waals surface area contributed by atoms with E-state index in [1.54, 1.807) is 12.1 Å². The number of halogens is 1. The Morgan fingerprint density at radius 2 is 1.43 bits per heavy atom. The number of anilines is 1. The van der Waals surface area contributed by atoms with Gasteiger partial charge in [-0.2, -0.15) is 0 Å². The van der Waals surface area contributed by atoms with Crippen LogP contribution in [0.3, 0.4) is 0 Å². The zero-order chi connectivity index (χ0) is 38.9. The monoisotopic (exact) mass is 747 g/mol. The Morgan fingerprint density at radius 1 is 0.833 bits per heavy atom. The van der Waals surface area contributed by atoms with E-state index in [-0.39, 0.29) is 49.2 Å². The minimum Gasteiger partial charge on any atom is -0.458 e. The number of carbonyl (C=O) groups excluding carboxylic acids is 3. The summed E-state index contributed by atoms with van der Waals surface area (Å²) in [5.74, 6) is -2.36. The number of amides is 1. The number of nitrogens with zero attached hydrogens (tertiary/aromatic N) is 1. The highest BCUT2D eigenvalue weighted by Crippen LogP contribution is 2.47. The predicted molar refractivity (Wildman–Crippen MR) is 201 cm³/mol. The summed E-state index contributed by atoms with van der Waals surface area (Å²) in [7, 11) is 0. The van der Waals surface area contributed by atoms with E-state index in [1.165, 1.54) is 26.0 Å². The fourth-order valence-corrected chi connectivity index (χ4v) is 7.20. The lowest BCUT2D eigenvalue weighted by atomic mass is 9.78. The Hall–Kier alpha value is -4.16. The largest absolute Gasteiger partial charge is 0.458 e. The molecule has 3 aromatic rings. The van der Waals surface area contributed by atoms with Gasteiger partial charge in [-0.1, -0.05) is 48.5 Å². The van der Waals surface area contributed by atoms with E-state index in [0.29, 0.717) is 44.5 Å². The van der Waals surface area contributed by atoms with Crippen molar-refractivity contribution in [1.29, 1.82) is 0 Å². The molecule has 2 aliphatic heterocycles. The number of esters is 2. The molecular weight excluding hydrogens is 693 g/mol. The number of carbonyl (C=O) groups is 3. The molecule has 5 rings (SSSR count). The maximum Gasteiger partial charge on any atom is 0.303 e. The highest BCUT2D eigenvalue weighted by molar-refractivity contribution is 6.03. The van der Waals surface area contributed by atoms with Gasteiger partial charge in [0.15, 0.2) is 17.7 Å². The zero-order valence-electron chi connectivity index (χ0n) is 32.3. The quantitative estimate of drug-likeness (QED) is 0.0727. The Kier molecular flexibility index (Phi) is 14.0. The Labute approximate surface area is 318 Å². The Balaban J connectivity index is 1.34. The van der Waals surface area contributed by atoms with Crippen molar-refractivity contribution >= 4 is 23.5 Å². The first kappa shape index (κ1) is 41.0. The fourth-order valence-electron chi connectivity index (χ4n) is 7.20. The highest BCUT2D eigenvalue weighted by atomic mass is 19.1. The summed E-state index contributed by atoms with van der Waals surface area (Å²) >= 11 is 0. The van der Waals surface area contributed by atoms with Crippen molar-refractivity contribution in [3.05, 3.63) is 101 Å². The molecule has 0 spiro atoms. The molecule has 3 atom stereocenters. The first-order valence-corrected chi connectivity index (χ1v) is 19.0. The highest BCUT2D eigenvalue weighted by Gasteiger charge is 2.49. The average Bonchev–Trinajstić information content (AvgIpc) is 3.14. The van der Waals surface area contributed by atoms with E-state index in [0.717, 1.165) is 35.2 Å². The van der Waals surface area contributed by atoms with Gasteiger partial charge in [0, 0.05) is 39.2 Å². The summed E-state index contributed by atoms with van der Waals surface area (Å²) in [6.45, 7) is 11.9. The number of ether oxygens (including phenoxy) is 6. The molecule has 292 valence electrons. The average molecular weight is 748 g/mol. The van der Waals surface area contributed by atoms with Crippen LogP contribution in [0.2, 0.25) is 0 Å². The molecule has 11 heteroatoms. The second kappa shape index (κ2) is 18.4. The summed E-state index contributed by atoms with van der Waals surface area (Å²) in [4.78, 5) is 39.9. The lowest BCUT2D eigenvalue weighted by Gasteiger charge is -2.48. The molecule has 2 heterocycles. The maximum atomic E-state index is 14.0. The number of hydrogen-bond acceptors (Lipinski definition) is 9. The van der Waals surface area contributed by atoms with E-state index in [1.807, 2.05) is 81.1 Å². The fraction of sp³-hybridized carbons (Fsp3) is 0.512. The van der Waals surface area contributed by atoms with Crippen molar-refractivity contribution in [1.82, 2.24) is 0 Å². The van der Waals surface area contributed by atoms with Crippen molar-refractivity contribution in [3.63, 3.8) is 0 Å². The second-order valence-electron chi connectivity index (χ2n) is 14.5. The molecular formula is C43H54FNO9. The van der Waals surface area contributed by atoms with Crippen LogP contribution in [-0.2, 0) is 55.6 Å². The van der Waals surface area contributed by atoms with Crippen LogP contribution in [0.25, 0.3) is 0 Å². The van der Waals surface area contributed by atoms with Crippen LogP contribution in [0.5, 0.6) is 0 Å². The molecule has 0 aromatic heterocycles. The first-order chi connectivity index (χ1) is 25.8. The second-order valence-corrected chi connectivity index (χ2v) is 14.5. The molecule has 2 saturated heterocycles. The minimum absolute atomic E-state index is 0.0196. The molecule has 1 amide bonds. The predicted octanol–water partition coefficient (Wildman–Crippen LogP) is 7.96. The summed E-state index contributed by atoms with van der Waals surface area (Å²) in [6, 6.07) is 21.8. The van der Waals surface area contributed by atoms with Crippen molar-refractivity contribution in [2.24, 2.45) is 5.92 Å². The van der Waals surface area contributed by atoms with Crippen LogP contribution in [0, 0.1) is 11.7 Å². The zero-order valence-corrected chi connectivity index (χ0v) is 32.3. The van der Waals surface area contributed by atoms with E-state index >= 15 is 0 Å². The molecule has 0 saturated carbocycles. The van der Waals surface area contributed by atoms with E-state index in [2.05, 4.69) is 0 Å². The lowest BCUT2D eigenvalue weighted by Crippen LogP contribution is -2.55. The SMILES string of the molecule is CCOC(CCc1ccc(N2C(=O)[C@H](CCC(OC(C)=O)c3ccc(F)cc3)[C@H]2c2ccc(CCC3(OC(C)=O)COC(C)(C)OC3)cc2)cc1)OCC. The molecule has 2 fully saturated rings. The molecule has 54 heavy (non-hydrogen) atoms. The van der Waals surface area contributed by atoms with Gasteiger partial charge in [0.25, 0.3) is 0 Å². The third-order valence-corrected chi connectivity index (χ3v) is 10.0. The van der Waals surface area contributed by atoms with Gasteiger partial charge in [-0.3, -0.25) is 14.4 Å². The van der Waals surface area contributed by atoms with Crippen molar-refractivity contribution in [2.75, 3.05) is 31.3 Å². The summed E-state index contributed by atoms with van der Waals surface area (Å²) in [5.41, 5.74) is 3.70. The van der Waals surface area contributed by atoms with Crippen LogP contribution in [0.4, 0.5) is 10.1 Å². The smallest absolute Gasteiger partial charge is 0.303 e. The normalized spacial score (nSPS) is 19.6. The van der Waals surface area contributed by atoms with Crippen LogP contribution in [0.15, 0.2) is 72.8 Å². The third kappa shape index (κ3) is 10.7. The van der Waals surface area contributed by atoms with Crippen LogP contribution < -0.4 is 4.90 Å². The Bertz CT molecular complexity index is 1680. The number of β-lactam (4-membered cyclic amide) rings is 1. The summed E-state index contributed by atoms with van der Waals surface area (Å²) in [5, 5.41) is 0. The van der Waals surface area contributed by atoms with Gasteiger partial charge in [-0.05, 0) is 106 Å². The van der Waals surface area contributed by atoms with Gasteiger partial charge >= 0.3 is 11.9 Å². The van der Waals surface area contributed by atoms with E-state index < -0.39 is 23.5 Å². The van der Waals surface area contributed by atoms with Gasteiger partial charge in [-0.15, -0.1) is 0 Å². The van der Waals surface area contributed by atoms with Crippen molar-refractivity contribution < 1.29 is 47.2 Å². The molecule has 0 N–H and O–H groups in total. The van der Waals surface area contributed by atoms with Crippen molar-refractivity contribution in [2.45, 2.75) is 110 Å². The number of aryl methyl sites for hydroxylation is 2. The van der Waals surface area contributed by atoms with Gasteiger partial charge in [0.05, 0.1) is 25.2 Å². The minimum atomic E-state index is -0.884. The van der Waals surface area contributed by atoms with Crippen LogP contribution >= 0.6 is 0 Å². The summed E-state index contributed by atoms with van der Waals surface area (Å²) in [6.07, 6.45) is 2.58. The third-order valence-electron chi connectivity index (χ3n) is 10.0. The molecule has 0 bridgehead atoms. The first-order valence-electron chi connectivity index (χ1n) is 19.0. The number of hydrogen-bond donors (Lipinski definition) is 0. The molecule has 0 aliphatic carbocycles.